The highest BCUT2D eigenvalue weighted by atomic mass is 16.5. The van der Waals surface area contributed by atoms with Gasteiger partial charge in [0.25, 0.3) is 5.91 Å². The van der Waals surface area contributed by atoms with Crippen molar-refractivity contribution in [3.05, 3.63) is 54.2 Å². The molecule has 0 bridgehead atoms. The molecule has 2 aromatic heterocycles. The van der Waals surface area contributed by atoms with Crippen LogP contribution in [0.15, 0.2) is 31.4 Å². The fraction of sp³-hybridized carbons (Fsp3) is 0.412. The van der Waals surface area contributed by atoms with Gasteiger partial charge in [0.2, 0.25) is 0 Å². The highest BCUT2D eigenvalue weighted by molar-refractivity contribution is 5.92. The molecule has 0 N–H and O–H groups in total. The standard InChI is InChI=1S/C17H21N5O2/c1-4-7-24-10-15-16-13(20-11-21(16)3)5-6-22(15)17(23)14-9-18-12(2)8-19-14/h4,8-9,11,15H,1,5-7,10H2,2-3H3. The van der Waals surface area contributed by atoms with Gasteiger partial charge in [-0.2, -0.15) is 0 Å². The lowest BCUT2D eigenvalue weighted by molar-refractivity contribution is 0.0426. The molecule has 0 saturated heterocycles. The molecule has 1 atom stereocenters. The van der Waals surface area contributed by atoms with E-state index in [0.717, 1.165) is 23.5 Å². The molecule has 24 heavy (non-hydrogen) atoms. The van der Waals surface area contributed by atoms with Crippen LogP contribution in [0.1, 0.15) is 33.6 Å². The lowest BCUT2D eigenvalue weighted by Gasteiger charge is -2.35. The van der Waals surface area contributed by atoms with Gasteiger partial charge in [-0.1, -0.05) is 6.08 Å². The number of carbonyl (C=O) groups excluding carboxylic acids is 1. The summed E-state index contributed by atoms with van der Waals surface area (Å²) in [6.45, 7) is 6.92. The molecule has 0 aromatic carbocycles. The maximum absolute atomic E-state index is 12.9. The highest BCUT2D eigenvalue weighted by Gasteiger charge is 2.34. The Hall–Kier alpha value is -2.54. The molecule has 7 nitrogen and oxygen atoms in total. The third-order valence-electron chi connectivity index (χ3n) is 4.12. The quantitative estimate of drug-likeness (QED) is 0.614. The zero-order valence-corrected chi connectivity index (χ0v) is 14.0. The number of aromatic nitrogens is 4. The average Bonchev–Trinajstić information content (AvgIpc) is 2.97. The van der Waals surface area contributed by atoms with Crippen LogP contribution in [0.4, 0.5) is 0 Å². The molecule has 3 heterocycles. The van der Waals surface area contributed by atoms with Crippen LogP contribution in [0.3, 0.4) is 0 Å². The third-order valence-corrected chi connectivity index (χ3v) is 4.12. The Kier molecular flexibility index (Phi) is 4.71. The number of aryl methyl sites for hydroxylation is 2. The second kappa shape index (κ2) is 6.92. The minimum atomic E-state index is -0.197. The van der Waals surface area contributed by atoms with E-state index >= 15 is 0 Å². The molecule has 0 saturated carbocycles. The topological polar surface area (TPSA) is 73.1 Å². The number of amides is 1. The smallest absolute Gasteiger partial charge is 0.274 e. The van der Waals surface area contributed by atoms with E-state index in [0.29, 0.717) is 25.5 Å². The summed E-state index contributed by atoms with van der Waals surface area (Å²) in [5.74, 6) is -0.137. The molecule has 126 valence electrons. The molecule has 1 aliphatic heterocycles. The van der Waals surface area contributed by atoms with Crippen molar-refractivity contribution >= 4 is 5.91 Å². The Labute approximate surface area is 141 Å². The summed E-state index contributed by atoms with van der Waals surface area (Å²) in [6.07, 6.45) is 7.34. The van der Waals surface area contributed by atoms with Crippen molar-refractivity contribution in [2.45, 2.75) is 19.4 Å². The van der Waals surface area contributed by atoms with Gasteiger partial charge < -0.3 is 14.2 Å². The summed E-state index contributed by atoms with van der Waals surface area (Å²) in [6, 6.07) is -0.197. The Balaban J connectivity index is 1.90. The van der Waals surface area contributed by atoms with Crippen LogP contribution in [0, 0.1) is 6.92 Å². The monoisotopic (exact) mass is 327 g/mol. The van der Waals surface area contributed by atoms with Crippen LogP contribution in [0.25, 0.3) is 0 Å². The zero-order chi connectivity index (χ0) is 17.1. The zero-order valence-electron chi connectivity index (χ0n) is 14.0. The average molecular weight is 327 g/mol. The van der Waals surface area contributed by atoms with Gasteiger partial charge >= 0.3 is 0 Å². The molecule has 0 fully saturated rings. The molecule has 0 aliphatic carbocycles. The lowest BCUT2D eigenvalue weighted by atomic mass is 10.0. The first kappa shape index (κ1) is 16.3. The summed E-state index contributed by atoms with van der Waals surface area (Å²) in [5, 5.41) is 0. The number of fused-ring (bicyclic) bond motifs is 1. The van der Waals surface area contributed by atoms with Gasteiger partial charge in [0.1, 0.15) is 5.69 Å². The summed E-state index contributed by atoms with van der Waals surface area (Å²) in [5.41, 5.74) is 3.16. The number of rotatable bonds is 5. The predicted molar refractivity (Wildman–Crippen MR) is 88.5 cm³/mol. The van der Waals surface area contributed by atoms with E-state index in [-0.39, 0.29) is 11.9 Å². The van der Waals surface area contributed by atoms with E-state index in [1.165, 1.54) is 6.20 Å². The van der Waals surface area contributed by atoms with E-state index in [2.05, 4.69) is 21.5 Å². The van der Waals surface area contributed by atoms with Crippen molar-refractivity contribution in [1.82, 2.24) is 24.4 Å². The van der Waals surface area contributed by atoms with Crippen LogP contribution in [0.2, 0.25) is 0 Å². The van der Waals surface area contributed by atoms with Crippen molar-refractivity contribution in [1.29, 1.82) is 0 Å². The lowest BCUT2D eigenvalue weighted by Crippen LogP contribution is -2.43. The van der Waals surface area contributed by atoms with E-state index < -0.39 is 0 Å². The Morgan fingerprint density at radius 2 is 2.25 bits per heavy atom. The summed E-state index contributed by atoms with van der Waals surface area (Å²) >= 11 is 0. The summed E-state index contributed by atoms with van der Waals surface area (Å²) in [4.78, 5) is 27.5. The van der Waals surface area contributed by atoms with Crippen LogP contribution >= 0.6 is 0 Å². The normalized spacial score (nSPS) is 16.8. The van der Waals surface area contributed by atoms with Crippen molar-refractivity contribution < 1.29 is 9.53 Å². The first-order valence-electron chi connectivity index (χ1n) is 7.90. The first-order valence-corrected chi connectivity index (χ1v) is 7.90. The van der Waals surface area contributed by atoms with Crippen LogP contribution in [-0.4, -0.2) is 50.1 Å². The van der Waals surface area contributed by atoms with E-state index in [1.807, 2.05) is 18.5 Å². The molecule has 0 radical (unpaired) electrons. The molecule has 1 unspecified atom stereocenters. The molecular formula is C17H21N5O2. The van der Waals surface area contributed by atoms with Gasteiger partial charge in [-0.05, 0) is 6.92 Å². The van der Waals surface area contributed by atoms with Gasteiger partial charge in [0.15, 0.2) is 0 Å². The third kappa shape index (κ3) is 3.07. The van der Waals surface area contributed by atoms with Gasteiger partial charge in [-0.3, -0.25) is 9.78 Å². The molecule has 3 rings (SSSR count). The predicted octanol–water partition coefficient (Wildman–Crippen LogP) is 1.46. The van der Waals surface area contributed by atoms with Gasteiger partial charge in [0.05, 0.1) is 48.9 Å². The molecule has 1 amide bonds. The second-order valence-corrected chi connectivity index (χ2v) is 5.82. The van der Waals surface area contributed by atoms with Crippen molar-refractivity contribution in [3.8, 4) is 0 Å². The summed E-state index contributed by atoms with van der Waals surface area (Å²) < 4.78 is 7.61. The second-order valence-electron chi connectivity index (χ2n) is 5.82. The van der Waals surface area contributed by atoms with E-state index in [1.54, 1.807) is 23.5 Å². The molecule has 1 aliphatic rings. The minimum Gasteiger partial charge on any atom is -0.375 e. The first-order chi connectivity index (χ1) is 11.6. The number of hydrogen-bond donors (Lipinski definition) is 0. The number of imidazole rings is 1. The SMILES string of the molecule is C=CCOCC1c2c(ncn2C)CCN1C(=O)c1cnc(C)cn1. The van der Waals surface area contributed by atoms with E-state index in [4.69, 9.17) is 4.74 Å². The minimum absolute atomic E-state index is 0.137. The molecular weight excluding hydrogens is 306 g/mol. The summed E-state index contributed by atoms with van der Waals surface area (Å²) in [7, 11) is 1.94. The van der Waals surface area contributed by atoms with E-state index in [9.17, 15) is 4.79 Å². The number of carbonyl (C=O) groups is 1. The Morgan fingerprint density at radius 1 is 1.42 bits per heavy atom. The van der Waals surface area contributed by atoms with Crippen molar-refractivity contribution in [2.24, 2.45) is 7.05 Å². The fourth-order valence-corrected chi connectivity index (χ4v) is 2.96. The van der Waals surface area contributed by atoms with Gasteiger partial charge in [-0.15, -0.1) is 6.58 Å². The van der Waals surface area contributed by atoms with Crippen molar-refractivity contribution in [3.63, 3.8) is 0 Å². The van der Waals surface area contributed by atoms with Crippen LogP contribution < -0.4 is 0 Å². The number of hydrogen-bond acceptors (Lipinski definition) is 5. The number of nitrogens with zero attached hydrogens (tertiary/aromatic N) is 5. The molecule has 2 aromatic rings. The van der Waals surface area contributed by atoms with Crippen molar-refractivity contribution in [2.75, 3.05) is 19.8 Å². The van der Waals surface area contributed by atoms with Crippen LogP contribution in [0.5, 0.6) is 0 Å². The highest BCUT2D eigenvalue weighted by Crippen LogP contribution is 2.30. The maximum Gasteiger partial charge on any atom is 0.274 e. The molecule has 0 spiro atoms. The van der Waals surface area contributed by atoms with Gasteiger partial charge in [-0.25, -0.2) is 9.97 Å². The Bertz CT molecular complexity index is 738. The van der Waals surface area contributed by atoms with Gasteiger partial charge in [0, 0.05) is 26.2 Å². The number of ether oxygens (including phenoxy) is 1. The maximum atomic E-state index is 12.9. The largest absolute Gasteiger partial charge is 0.375 e. The fourth-order valence-electron chi connectivity index (χ4n) is 2.96. The Morgan fingerprint density at radius 3 is 2.96 bits per heavy atom. The molecule has 7 heteroatoms. The van der Waals surface area contributed by atoms with Crippen LogP contribution in [-0.2, 0) is 18.2 Å².